The highest BCUT2D eigenvalue weighted by atomic mass is 19.1. The van der Waals surface area contributed by atoms with Crippen LogP contribution in [0.15, 0.2) is 36.7 Å². The molecular formula is C19H20F2N6O2. The van der Waals surface area contributed by atoms with Crippen molar-refractivity contribution in [3.63, 3.8) is 0 Å². The summed E-state index contributed by atoms with van der Waals surface area (Å²) in [6, 6.07) is 4.42. The second kappa shape index (κ2) is 8.00. The number of aliphatic hydroxyl groups excluding tert-OH is 1. The second-order valence-corrected chi connectivity index (χ2v) is 6.73. The number of hydrogen-bond acceptors (Lipinski definition) is 5. The van der Waals surface area contributed by atoms with Crippen LogP contribution >= 0.6 is 0 Å². The molecule has 1 saturated heterocycles. The van der Waals surface area contributed by atoms with E-state index in [1.807, 2.05) is 4.90 Å². The van der Waals surface area contributed by atoms with Gasteiger partial charge in [0.2, 0.25) is 0 Å². The van der Waals surface area contributed by atoms with Gasteiger partial charge in [-0.2, -0.15) is 5.10 Å². The summed E-state index contributed by atoms with van der Waals surface area (Å²) in [6.07, 6.45) is 4.67. The summed E-state index contributed by atoms with van der Waals surface area (Å²) in [5.41, 5.74) is 1.13. The minimum absolute atomic E-state index is 0.123. The molecule has 10 heteroatoms. The summed E-state index contributed by atoms with van der Waals surface area (Å²) >= 11 is 0. The van der Waals surface area contributed by atoms with Gasteiger partial charge >= 0.3 is 6.03 Å². The number of nitrogens with one attached hydrogen (secondary N) is 2. The molecule has 0 aliphatic carbocycles. The number of rotatable bonds is 5. The molecule has 3 aromatic rings. The Labute approximate surface area is 165 Å². The number of hydrogen-bond donors (Lipinski definition) is 3. The number of carbonyl (C=O) groups is 1. The van der Waals surface area contributed by atoms with Crippen molar-refractivity contribution in [2.24, 2.45) is 0 Å². The van der Waals surface area contributed by atoms with Crippen LogP contribution in [0.2, 0.25) is 0 Å². The predicted octanol–water partition coefficient (Wildman–Crippen LogP) is 2.46. The van der Waals surface area contributed by atoms with E-state index in [2.05, 4.69) is 20.7 Å². The molecule has 0 bridgehead atoms. The fourth-order valence-corrected chi connectivity index (χ4v) is 3.58. The first-order valence-electron chi connectivity index (χ1n) is 9.28. The molecule has 3 heterocycles. The number of urea groups is 1. The highest BCUT2D eigenvalue weighted by molar-refractivity contribution is 5.93. The van der Waals surface area contributed by atoms with Crippen molar-refractivity contribution in [1.29, 1.82) is 0 Å². The van der Waals surface area contributed by atoms with Gasteiger partial charge in [-0.1, -0.05) is 0 Å². The van der Waals surface area contributed by atoms with Gasteiger partial charge in [0.15, 0.2) is 5.65 Å². The van der Waals surface area contributed by atoms with E-state index in [-0.39, 0.29) is 19.2 Å². The van der Waals surface area contributed by atoms with E-state index in [0.29, 0.717) is 35.7 Å². The molecule has 4 rings (SSSR count). The number of aliphatic hydroxyl groups is 1. The molecule has 8 nitrogen and oxygen atoms in total. The fraction of sp³-hybridized carbons (Fsp3) is 0.316. The zero-order valence-corrected chi connectivity index (χ0v) is 15.5. The van der Waals surface area contributed by atoms with Gasteiger partial charge in [-0.15, -0.1) is 0 Å². The van der Waals surface area contributed by atoms with E-state index >= 15 is 0 Å². The van der Waals surface area contributed by atoms with Crippen molar-refractivity contribution in [2.45, 2.75) is 18.9 Å². The van der Waals surface area contributed by atoms with Crippen LogP contribution in [0.1, 0.15) is 24.4 Å². The average Bonchev–Trinajstić information content (AvgIpc) is 3.35. The van der Waals surface area contributed by atoms with Crippen molar-refractivity contribution in [3.05, 3.63) is 53.9 Å². The Kier molecular flexibility index (Phi) is 5.26. The quantitative estimate of drug-likeness (QED) is 0.610. The van der Waals surface area contributed by atoms with Crippen LogP contribution in [-0.4, -0.2) is 45.4 Å². The Morgan fingerprint density at radius 2 is 2.17 bits per heavy atom. The maximum absolute atomic E-state index is 14.3. The lowest BCUT2D eigenvalue weighted by Crippen LogP contribution is -2.31. The molecule has 2 amide bonds. The van der Waals surface area contributed by atoms with Crippen LogP contribution in [0.5, 0.6) is 0 Å². The number of anilines is 2. The molecule has 1 aliphatic heterocycles. The zero-order valence-electron chi connectivity index (χ0n) is 15.5. The third-order valence-corrected chi connectivity index (χ3v) is 4.86. The first kappa shape index (κ1) is 19.1. The van der Waals surface area contributed by atoms with Crippen LogP contribution in [0.25, 0.3) is 5.65 Å². The number of halogens is 2. The molecule has 2 aromatic heterocycles. The monoisotopic (exact) mass is 402 g/mol. The van der Waals surface area contributed by atoms with E-state index < -0.39 is 17.7 Å². The number of carbonyl (C=O) groups excluding carboxylic acids is 1. The van der Waals surface area contributed by atoms with E-state index in [0.717, 1.165) is 18.6 Å². The molecule has 0 saturated carbocycles. The Morgan fingerprint density at radius 1 is 1.31 bits per heavy atom. The van der Waals surface area contributed by atoms with Gasteiger partial charge < -0.3 is 20.6 Å². The lowest BCUT2D eigenvalue weighted by molar-refractivity contribution is 0.245. The van der Waals surface area contributed by atoms with Crippen molar-refractivity contribution >= 4 is 23.2 Å². The Hall–Kier alpha value is -3.27. The minimum atomic E-state index is -0.484. The highest BCUT2D eigenvalue weighted by Crippen LogP contribution is 2.37. The molecule has 1 unspecified atom stereocenters. The molecule has 1 atom stereocenters. The molecule has 3 N–H and O–H groups in total. The summed E-state index contributed by atoms with van der Waals surface area (Å²) in [5.74, 6) is -0.340. The smallest absolute Gasteiger partial charge is 0.319 e. The van der Waals surface area contributed by atoms with Gasteiger partial charge in [0.25, 0.3) is 0 Å². The Bertz CT molecular complexity index is 1040. The lowest BCUT2D eigenvalue weighted by atomic mass is 10.0. The van der Waals surface area contributed by atoms with Crippen LogP contribution in [-0.2, 0) is 0 Å². The van der Waals surface area contributed by atoms with Crippen LogP contribution < -0.4 is 15.5 Å². The van der Waals surface area contributed by atoms with Crippen LogP contribution in [0.3, 0.4) is 0 Å². The molecule has 0 radical (unpaired) electrons. The van der Waals surface area contributed by atoms with E-state index in [1.165, 1.54) is 16.8 Å². The predicted molar refractivity (Wildman–Crippen MR) is 103 cm³/mol. The largest absolute Gasteiger partial charge is 0.395 e. The number of amides is 2. The summed E-state index contributed by atoms with van der Waals surface area (Å²) < 4.78 is 29.5. The van der Waals surface area contributed by atoms with Crippen LogP contribution in [0.4, 0.5) is 25.1 Å². The first-order valence-corrected chi connectivity index (χ1v) is 9.28. The topological polar surface area (TPSA) is 94.8 Å². The summed E-state index contributed by atoms with van der Waals surface area (Å²) in [6.45, 7) is 0.605. The summed E-state index contributed by atoms with van der Waals surface area (Å²) in [5, 5.41) is 18.1. The van der Waals surface area contributed by atoms with Crippen molar-refractivity contribution < 1.29 is 18.7 Å². The normalized spacial score (nSPS) is 16.4. The van der Waals surface area contributed by atoms with E-state index in [1.54, 1.807) is 12.3 Å². The maximum atomic E-state index is 14.3. The van der Waals surface area contributed by atoms with Gasteiger partial charge in [-0.25, -0.2) is 23.1 Å². The number of nitrogens with zero attached hydrogens (tertiary/aromatic N) is 4. The zero-order chi connectivity index (χ0) is 20.4. The van der Waals surface area contributed by atoms with E-state index in [4.69, 9.17) is 5.11 Å². The maximum Gasteiger partial charge on any atom is 0.319 e. The van der Waals surface area contributed by atoms with E-state index in [9.17, 15) is 13.6 Å². The SMILES string of the molecule is O=C(NCCO)Nc1cnn2ccc(N3CCCC3c3cc(F)ccc3F)nc12. The summed E-state index contributed by atoms with van der Waals surface area (Å²) in [4.78, 5) is 18.4. The molecule has 152 valence electrons. The van der Waals surface area contributed by atoms with Crippen molar-refractivity contribution in [3.8, 4) is 0 Å². The minimum Gasteiger partial charge on any atom is -0.395 e. The Morgan fingerprint density at radius 3 is 3.00 bits per heavy atom. The Balaban J connectivity index is 1.64. The first-order chi connectivity index (χ1) is 14.1. The highest BCUT2D eigenvalue weighted by Gasteiger charge is 2.30. The molecule has 0 spiro atoms. The van der Waals surface area contributed by atoms with Crippen LogP contribution in [0, 0.1) is 11.6 Å². The molecular weight excluding hydrogens is 382 g/mol. The molecule has 1 aliphatic rings. The standard InChI is InChI=1S/C19H20F2N6O2/c20-12-3-4-14(21)13(10-12)16-2-1-7-26(16)17-5-8-27-18(25-17)15(11-23-27)24-19(29)22-6-9-28/h3-5,8,10-11,16,28H,1-2,6-7,9H2,(H2,22,24,29). The second-order valence-electron chi connectivity index (χ2n) is 6.73. The average molecular weight is 402 g/mol. The molecule has 29 heavy (non-hydrogen) atoms. The summed E-state index contributed by atoms with van der Waals surface area (Å²) in [7, 11) is 0. The van der Waals surface area contributed by atoms with Crippen molar-refractivity contribution in [1.82, 2.24) is 19.9 Å². The lowest BCUT2D eigenvalue weighted by Gasteiger charge is -2.26. The van der Waals surface area contributed by atoms with Crippen molar-refractivity contribution in [2.75, 3.05) is 29.9 Å². The number of aromatic nitrogens is 3. The van der Waals surface area contributed by atoms with Gasteiger partial charge in [0.1, 0.15) is 23.1 Å². The van der Waals surface area contributed by atoms with Gasteiger partial charge in [-0.3, -0.25) is 0 Å². The molecule has 1 fully saturated rings. The van der Waals surface area contributed by atoms with Gasteiger partial charge in [0, 0.05) is 24.8 Å². The third kappa shape index (κ3) is 3.83. The van der Waals surface area contributed by atoms with Gasteiger partial charge in [-0.05, 0) is 37.1 Å². The number of fused-ring (bicyclic) bond motifs is 1. The number of benzene rings is 1. The van der Waals surface area contributed by atoms with Gasteiger partial charge in [0.05, 0.1) is 18.8 Å². The molecule has 1 aromatic carbocycles. The fourth-order valence-electron chi connectivity index (χ4n) is 3.58. The third-order valence-electron chi connectivity index (χ3n) is 4.86.